The van der Waals surface area contributed by atoms with E-state index in [0.717, 1.165) is 5.75 Å². The maximum atomic E-state index is 5.84. The van der Waals surface area contributed by atoms with Crippen molar-refractivity contribution < 1.29 is 4.74 Å². The van der Waals surface area contributed by atoms with Gasteiger partial charge in [-0.2, -0.15) is 5.10 Å². The number of aromatic nitrogens is 2. The first kappa shape index (κ1) is 10.5. The molecule has 0 aliphatic heterocycles. The molecule has 0 aromatic carbocycles. The molecule has 1 heterocycles. The van der Waals surface area contributed by atoms with Crippen molar-refractivity contribution in [1.82, 2.24) is 15.1 Å². The lowest BCUT2D eigenvalue weighted by Crippen LogP contribution is -2.19. The van der Waals surface area contributed by atoms with Gasteiger partial charge in [-0.25, -0.2) is 0 Å². The van der Waals surface area contributed by atoms with Crippen LogP contribution in [0.25, 0.3) is 0 Å². The number of ether oxygens (including phenoxy) is 1. The first-order valence-corrected chi connectivity index (χ1v) is 5.67. The van der Waals surface area contributed by atoms with Gasteiger partial charge in [0.25, 0.3) is 0 Å². The normalized spacial score (nSPS) is 19.3. The third kappa shape index (κ3) is 2.50. The molecule has 84 valence electrons. The predicted molar refractivity (Wildman–Crippen MR) is 58.9 cm³/mol. The fourth-order valence-electron chi connectivity index (χ4n) is 1.92. The molecule has 1 aromatic heterocycles. The van der Waals surface area contributed by atoms with E-state index >= 15 is 0 Å². The lowest BCUT2D eigenvalue weighted by molar-refractivity contribution is 0.209. The van der Waals surface area contributed by atoms with E-state index in [4.69, 9.17) is 4.74 Å². The number of nitrogens with zero attached hydrogens (tertiary/aromatic N) is 2. The molecule has 1 fully saturated rings. The van der Waals surface area contributed by atoms with Crippen molar-refractivity contribution in [3.63, 3.8) is 0 Å². The maximum absolute atomic E-state index is 5.84. The number of rotatable bonds is 4. The van der Waals surface area contributed by atoms with Crippen molar-refractivity contribution in [3.05, 3.63) is 12.4 Å². The lowest BCUT2D eigenvalue weighted by Gasteiger charge is -2.11. The van der Waals surface area contributed by atoms with Crippen molar-refractivity contribution in [2.75, 3.05) is 7.05 Å². The molecule has 4 heteroatoms. The topological polar surface area (TPSA) is 39.1 Å². The van der Waals surface area contributed by atoms with Crippen LogP contribution in [0.2, 0.25) is 0 Å². The van der Waals surface area contributed by atoms with E-state index in [-0.39, 0.29) is 6.17 Å². The molecule has 0 saturated heterocycles. The van der Waals surface area contributed by atoms with Gasteiger partial charge in [0.1, 0.15) is 0 Å². The molecule has 0 bridgehead atoms. The van der Waals surface area contributed by atoms with Crippen molar-refractivity contribution in [2.45, 2.75) is 44.9 Å². The van der Waals surface area contributed by atoms with Crippen LogP contribution in [0.4, 0.5) is 0 Å². The monoisotopic (exact) mass is 209 g/mol. The molecule has 0 radical (unpaired) electrons. The standard InChI is InChI=1S/C11H19N3O/c1-9(12-2)14-8-11(7-13-14)15-10-5-3-4-6-10/h7-10,12H,3-6H2,1-2H3. The average molecular weight is 209 g/mol. The summed E-state index contributed by atoms with van der Waals surface area (Å²) in [5, 5.41) is 7.39. The average Bonchev–Trinajstić information content (AvgIpc) is 2.88. The minimum atomic E-state index is 0.214. The zero-order chi connectivity index (χ0) is 10.7. The van der Waals surface area contributed by atoms with Crippen LogP contribution in [0.5, 0.6) is 5.75 Å². The van der Waals surface area contributed by atoms with Crippen LogP contribution in [0, 0.1) is 0 Å². The summed E-state index contributed by atoms with van der Waals surface area (Å²) in [4.78, 5) is 0. The van der Waals surface area contributed by atoms with Crippen LogP contribution in [0.3, 0.4) is 0 Å². The Hall–Kier alpha value is -1.03. The van der Waals surface area contributed by atoms with Crippen molar-refractivity contribution in [3.8, 4) is 5.75 Å². The third-order valence-corrected chi connectivity index (χ3v) is 3.00. The van der Waals surface area contributed by atoms with Gasteiger partial charge in [-0.3, -0.25) is 10.00 Å². The summed E-state index contributed by atoms with van der Waals surface area (Å²) in [5.41, 5.74) is 0. The Kier molecular flexibility index (Phi) is 3.26. The van der Waals surface area contributed by atoms with Gasteiger partial charge in [0, 0.05) is 0 Å². The third-order valence-electron chi connectivity index (χ3n) is 3.00. The van der Waals surface area contributed by atoms with Crippen LogP contribution >= 0.6 is 0 Å². The molecule has 1 aliphatic carbocycles. The Balaban J connectivity index is 1.94. The fourth-order valence-corrected chi connectivity index (χ4v) is 1.92. The van der Waals surface area contributed by atoms with Crippen LogP contribution in [-0.2, 0) is 0 Å². The van der Waals surface area contributed by atoms with Gasteiger partial charge in [0.05, 0.1) is 24.7 Å². The quantitative estimate of drug-likeness (QED) is 0.823. The molecule has 1 aromatic rings. The van der Waals surface area contributed by atoms with Crippen LogP contribution in [-0.4, -0.2) is 22.9 Å². The molecule has 0 spiro atoms. The van der Waals surface area contributed by atoms with E-state index in [2.05, 4.69) is 17.3 Å². The summed E-state index contributed by atoms with van der Waals surface area (Å²) >= 11 is 0. The highest BCUT2D eigenvalue weighted by atomic mass is 16.5. The molecule has 1 atom stereocenters. The molecule has 1 saturated carbocycles. The van der Waals surface area contributed by atoms with Gasteiger partial charge in [-0.1, -0.05) is 0 Å². The second-order valence-corrected chi connectivity index (χ2v) is 4.15. The Morgan fingerprint density at radius 2 is 2.27 bits per heavy atom. The van der Waals surface area contributed by atoms with Gasteiger partial charge < -0.3 is 4.74 Å². The Morgan fingerprint density at radius 1 is 1.53 bits per heavy atom. The van der Waals surface area contributed by atoms with Crippen LogP contribution in [0.15, 0.2) is 12.4 Å². The zero-order valence-corrected chi connectivity index (χ0v) is 9.44. The Morgan fingerprint density at radius 3 is 2.93 bits per heavy atom. The van der Waals surface area contributed by atoms with Gasteiger partial charge in [0.15, 0.2) is 5.75 Å². The molecule has 0 amide bonds. The largest absolute Gasteiger partial charge is 0.487 e. The van der Waals surface area contributed by atoms with Gasteiger partial charge >= 0.3 is 0 Å². The fraction of sp³-hybridized carbons (Fsp3) is 0.727. The molecule has 1 aliphatic rings. The van der Waals surface area contributed by atoms with Gasteiger partial charge in [-0.15, -0.1) is 0 Å². The SMILES string of the molecule is CNC(C)n1cc(OC2CCCC2)cn1. The highest BCUT2D eigenvalue weighted by molar-refractivity contribution is 5.12. The Labute approximate surface area is 90.6 Å². The number of nitrogens with one attached hydrogen (secondary N) is 1. The number of hydrogen-bond acceptors (Lipinski definition) is 3. The first-order valence-electron chi connectivity index (χ1n) is 5.67. The second kappa shape index (κ2) is 4.66. The first-order chi connectivity index (χ1) is 7.29. The van der Waals surface area contributed by atoms with E-state index in [1.54, 1.807) is 6.20 Å². The summed E-state index contributed by atoms with van der Waals surface area (Å²) < 4.78 is 7.72. The molecule has 1 N–H and O–H groups in total. The molecule has 1 unspecified atom stereocenters. The minimum Gasteiger partial charge on any atom is -0.487 e. The summed E-state index contributed by atoms with van der Waals surface area (Å²) in [6.45, 7) is 2.06. The molecule has 4 nitrogen and oxygen atoms in total. The van der Waals surface area contributed by atoms with Gasteiger partial charge in [-0.05, 0) is 39.7 Å². The van der Waals surface area contributed by atoms with Crippen molar-refractivity contribution in [2.24, 2.45) is 0 Å². The smallest absolute Gasteiger partial charge is 0.157 e. The molecular formula is C11H19N3O. The summed E-state index contributed by atoms with van der Waals surface area (Å²) in [7, 11) is 1.92. The molecule has 2 rings (SSSR count). The summed E-state index contributed by atoms with van der Waals surface area (Å²) in [6.07, 6.45) is 9.35. The van der Waals surface area contributed by atoms with E-state index in [9.17, 15) is 0 Å². The Bertz CT molecular complexity index is 305. The maximum Gasteiger partial charge on any atom is 0.157 e. The van der Waals surface area contributed by atoms with Gasteiger partial charge in [0.2, 0.25) is 0 Å². The predicted octanol–water partition coefficient (Wildman–Crippen LogP) is 1.94. The molecular weight excluding hydrogens is 190 g/mol. The summed E-state index contributed by atoms with van der Waals surface area (Å²) in [5.74, 6) is 0.893. The van der Waals surface area contributed by atoms with E-state index in [1.165, 1.54) is 25.7 Å². The van der Waals surface area contributed by atoms with Crippen molar-refractivity contribution >= 4 is 0 Å². The van der Waals surface area contributed by atoms with Crippen LogP contribution < -0.4 is 10.1 Å². The second-order valence-electron chi connectivity index (χ2n) is 4.15. The lowest BCUT2D eigenvalue weighted by atomic mass is 10.3. The number of hydrogen-bond donors (Lipinski definition) is 1. The minimum absolute atomic E-state index is 0.214. The summed E-state index contributed by atoms with van der Waals surface area (Å²) in [6, 6.07) is 0. The van der Waals surface area contributed by atoms with E-state index in [1.807, 2.05) is 17.9 Å². The van der Waals surface area contributed by atoms with E-state index < -0.39 is 0 Å². The highest BCUT2D eigenvalue weighted by Crippen LogP contribution is 2.23. The van der Waals surface area contributed by atoms with E-state index in [0.29, 0.717) is 6.10 Å². The zero-order valence-electron chi connectivity index (χ0n) is 9.44. The molecule has 15 heavy (non-hydrogen) atoms. The highest BCUT2D eigenvalue weighted by Gasteiger charge is 2.17. The van der Waals surface area contributed by atoms with Crippen LogP contribution in [0.1, 0.15) is 38.8 Å². The van der Waals surface area contributed by atoms with Crippen molar-refractivity contribution in [1.29, 1.82) is 0 Å².